The maximum Gasteiger partial charge on any atom is 0.259 e. The van der Waals surface area contributed by atoms with Crippen LogP contribution in [0.15, 0.2) is 18.2 Å². The lowest BCUT2D eigenvalue weighted by atomic mass is 10.1. The zero-order valence-corrected chi connectivity index (χ0v) is 9.99. The highest BCUT2D eigenvalue weighted by Gasteiger charge is 2.19. The van der Waals surface area contributed by atoms with Gasteiger partial charge in [0.05, 0.1) is 7.11 Å². The molecule has 4 nitrogen and oxygen atoms in total. The van der Waals surface area contributed by atoms with E-state index in [-0.39, 0.29) is 5.91 Å². The van der Waals surface area contributed by atoms with Crippen molar-refractivity contribution in [3.05, 3.63) is 23.8 Å². The molecule has 88 valence electrons. The van der Waals surface area contributed by atoms with Crippen molar-refractivity contribution in [2.24, 2.45) is 0 Å². The SMILES string of the molecule is CCN(CC)C(=O)c1c(N)cccc1OC. The number of amides is 1. The van der Waals surface area contributed by atoms with Crippen molar-refractivity contribution in [1.82, 2.24) is 4.90 Å². The van der Waals surface area contributed by atoms with E-state index in [1.54, 1.807) is 23.1 Å². The van der Waals surface area contributed by atoms with Gasteiger partial charge >= 0.3 is 0 Å². The fraction of sp³-hybridized carbons (Fsp3) is 0.417. The maximum atomic E-state index is 12.2. The van der Waals surface area contributed by atoms with E-state index in [1.807, 2.05) is 13.8 Å². The van der Waals surface area contributed by atoms with Crippen LogP contribution in [0.25, 0.3) is 0 Å². The van der Waals surface area contributed by atoms with E-state index in [9.17, 15) is 4.79 Å². The summed E-state index contributed by atoms with van der Waals surface area (Å²) in [4.78, 5) is 13.9. The molecule has 0 radical (unpaired) electrons. The van der Waals surface area contributed by atoms with E-state index in [0.717, 1.165) is 0 Å². The number of nitrogen functional groups attached to an aromatic ring is 1. The molecule has 16 heavy (non-hydrogen) atoms. The molecule has 0 fully saturated rings. The summed E-state index contributed by atoms with van der Waals surface area (Å²) in [5.74, 6) is 0.442. The Labute approximate surface area is 96.0 Å². The van der Waals surface area contributed by atoms with Gasteiger partial charge in [-0.3, -0.25) is 4.79 Å². The van der Waals surface area contributed by atoms with E-state index in [1.165, 1.54) is 7.11 Å². The number of nitrogens with two attached hydrogens (primary N) is 1. The monoisotopic (exact) mass is 222 g/mol. The first kappa shape index (κ1) is 12.4. The summed E-state index contributed by atoms with van der Waals surface area (Å²) in [6, 6.07) is 5.22. The smallest absolute Gasteiger partial charge is 0.259 e. The molecular formula is C12H18N2O2. The average molecular weight is 222 g/mol. The first-order valence-corrected chi connectivity index (χ1v) is 5.37. The molecule has 1 rings (SSSR count). The first-order chi connectivity index (χ1) is 7.65. The van der Waals surface area contributed by atoms with Gasteiger partial charge in [0, 0.05) is 18.8 Å². The molecule has 0 aliphatic heterocycles. The van der Waals surface area contributed by atoms with Crippen LogP contribution in [0.1, 0.15) is 24.2 Å². The number of hydrogen-bond acceptors (Lipinski definition) is 3. The van der Waals surface area contributed by atoms with Gasteiger partial charge in [0.2, 0.25) is 0 Å². The van der Waals surface area contributed by atoms with Crippen LogP contribution in [0.5, 0.6) is 5.75 Å². The normalized spacial score (nSPS) is 9.94. The van der Waals surface area contributed by atoms with Crippen molar-refractivity contribution in [3.63, 3.8) is 0 Å². The summed E-state index contributed by atoms with van der Waals surface area (Å²) in [6.07, 6.45) is 0. The number of hydrogen-bond donors (Lipinski definition) is 1. The van der Waals surface area contributed by atoms with E-state index in [0.29, 0.717) is 30.1 Å². The van der Waals surface area contributed by atoms with Gasteiger partial charge in [-0.2, -0.15) is 0 Å². The van der Waals surface area contributed by atoms with E-state index >= 15 is 0 Å². The van der Waals surface area contributed by atoms with Gasteiger partial charge in [-0.25, -0.2) is 0 Å². The molecule has 2 N–H and O–H groups in total. The maximum absolute atomic E-state index is 12.2. The minimum Gasteiger partial charge on any atom is -0.496 e. The van der Waals surface area contributed by atoms with Gasteiger partial charge < -0.3 is 15.4 Å². The van der Waals surface area contributed by atoms with Gasteiger partial charge in [0.25, 0.3) is 5.91 Å². The Kier molecular flexibility index (Phi) is 4.17. The number of carbonyl (C=O) groups excluding carboxylic acids is 1. The standard InChI is InChI=1S/C12H18N2O2/c1-4-14(5-2)12(15)11-9(13)7-6-8-10(11)16-3/h6-8H,4-5,13H2,1-3H3. The molecule has 1 aromatic carbocycles. The minimum absolute atomic E-state index is 0.0834. The molecule has 0 bridgehead atoms. The lowest BCUT2D eigenvalue weighted by molar-refractivity contribution is 0.0771. The summed E-state index contributed by atoms with van der Waals surface area (Å²) in [7, 11) is 1.54. The van der Waals surface area contributed by atoms with Crippen molar-refractivity contribution in [3.8, 4) is 5.75 Å². The molecule has 1 aromatic rings. The Balaban J connectivity index is 3.16. The highest BCUT2D eigenvalue weighted by atomic mass is 16.5. The van der Waals surface area contributed by atoms with Crippen LogP contribution in [0.3, 0.4) is 0 Å². The number of methoxy groups -OCH3 is 1. The number of rotatable bonds is 4. The van der Waals surface area contributed by atoms with E-state index in [2.05, 4.69) is 0 Å². The fourth-order valence-electron chi connectivity index (χ4n) is 1.62. The number of benzene rings is 1. The van der Waals surface area contributed by atoms with Crippen LogP contribution in [0.2, 0.25) is 0 Å². The van der Waals surface area contributed by atoms with Crippen molar-refractivity contribution >= 4 is 11.6 Å². The molecule has 0 aliphatic rings. The molecular weight excluding hydrogens is 204 g/mol. The summed E-state index contributed by atoms with van der Waals surface area (Å²) in [5, 5.41) is 0. The number of carbonyl (C=O) groups is 1. The third kappa shape index (κ3) is 2.27. The molecule has 4 heteroatoms. The van der Waals surface area contributed by atoms with Crippen LogP contribution in [0.4, 0.5) is 5.69 Å². The third-order valence-corrected chi connectivity index (χ3v) is 2.54. The Morgan fingerprint density at radius 1 is 1.38 bits per heavy atom. The Hall–Kier alpha value is -1.71. The highest BCUT2D eigenvalue weighted by Crippen LogP contribution is 2.25. The summed E-state index contributed by atoms with van der Waals surface area (Å²) in [6.45, 7) is 5.19. The molecule has 0 saturated carbocycles. The van der Waals surface area contributed by atoms with Crippen molar-refractivity contribution in [1.29, 1.82) is 0 Å². The number of ether oxygens (including phenoxy) is 1. The Morgan fingerprint density at radius 3 is 2.50 bits per heavy atom. The zero-order valence-electron chi connectivity index (χ0n) is 9.99. The van der Waals surface area contributed by atoms with Crippen LogP contribution in [-0.2, 0) is 0 Å². The van der Waals surface area contributed by atoms with Gasteiger partial charge in [-0.05, 0) is 26.0 Å². The van der Waals surface area contributed by atoms with Crippen molar-refractivity contribution in [2.45, 2.75) is 13.8 Å². The number of anilines is 1. The van der Waals surface area contributed by atoms with Crippen LogP contribution >= 0.6 is 0 Å². The van der Waals surface area contributed by atoms with Gasteiger partial charge in [0.15, 0.2) is 0 Å². The molecule has 0 unspecified atom stereocenters. The van der Waals surface area contributed by atoms with Crippen molar-refractivity contribution in [2.75, 3.05) is 25.9 Å². The quantitative estimate of drug-likeness (QED) is 0.790. The predicted molar refractivity (Wildman–Crippen MR) is 64.7 cm³/mol. The molecule has 1 amide bonds. The molecule has 0 aliphatic carbocycles. The summed E-state index contributed by atoms with van der Waals surface area (Å²) >= 11 is 0. The zero-order chi connectivity index (χ0) is 12.1. The predicted octanol–water partition coefficient (Wildman–Crippen LogP) is 1.76. The molecule has 0 spiro atoms. The van der Waals surface area contributed by atoms with Gasteiger partial charge in [0.1, 0.15) is 11.3 Å². The lowest BCUT2D eigenvalue weighted by Crippen LogP contribution is -2.31. The average Bonchev–Trinajstić information content (AvgIpc) is 2.29. The molecule has 0 aromatic heterocycles. The van der Waals surface area contributed by atoms with Gasteiger partial charge in [-0.15, -0.1) is 0 Å². The second kappa shape index (κ2) is 5.39. The second-order valence-electron chi connectivity index (χ2n) is 3.40. The topological polar surface area (TPSA) is 55.6 Å². The van der Waals surface area contributed by atoms with Crippen molar-refractivity contribution < 1.29 is 9.53 Å². The third-order valence-electron chi connectivity index (χ3n) is 2.54. The molecule has 0 atom stereocenters. The largest absolute Gasteiger partial charge is 0.496 e. The number of nitrogens with zero attached hydrogens (tertiary/aromatic N) is 1. The Morgan fingerprint density at radius 2 is 2.00 bits per heavy atom. The summed E-state index contributed by atoms with van der Waals surface area (Å²) < 4.78 is 5.16. The lowest BCUT2D eigenvalue weighted by Gasteiger charge is -2.20. The van der Waals surface area contributed by atoms with Crippen LogP contribution < -0.4 is 10.5 Å². The van der Waals surface area contributed by atoms with Crippen LogP contribution in [0, 0.1) is 0 Å². The summed E-state index contributed by atoms with van der Waals surface area (Å²) in [5.41, 5.74) is 6.72. The Bertz CT molecular complexity index is 373. The first-order valence-electron chi connectivity index (χ1n) is 5.37. The molecule has 0 saturated heterocycles. The molecule has 0 heterocycles. The van der Waals surface area contributed by atoms with Gasteiger partial charge in [-0.1, -0.05) is 6.07 Å². The minimum atomic E-state index is -0.0834. The second-order valence-corrected chi connectivity index (χ2v) is 3.40. The highest BCUT2D eigenvalue weighted by molar-refractivity contribution is 6.01. The van der Waals surface area contributed by atoms with Crippen LogP contribution in [-0.4, -0.2) is 31.0 Å². The van der Waals surface area contributed by atoms with E-state index < -0.39 is 0 Å². The van der Waals surface area contributed by atoms with E-state index in [4.69, 9.17) is 10.5 Å². The fourth-order valence-corrected chi connectivity index (χ4v) is 1.62.